The number of hydrogen-bond donors (Lipinski definition) is 1. The van der Waals surface area contributed by atoms with E-state index in [1.54, 1.807) is 11.1 Å². The quantitative estimate of drug-likeness (QED) is 0.914. The molecule has 21 heavy (non-hydrogen) atoms. The van der Waals surface area contributed by atoms with Gasteiger partial charge < -0.3 is 5.73 Å². The van der Waals surface area contributed by atoms with Gasteiger partial charge in [0.2, 0.25) is 0 Å². The molecule has 0 spiro atoms. The van der Waals surface area contributed by atoms with Crippen LogP contribution in [-0.4, -0.2) is 24.5 Å². The smallest absolute Gasteiger partial charge is 0.0351 e. The summed E-state index contributed by atoms with van der Waals surface area (Å²) >= 11 is 0. The first kappa shape index (κ1) is 15.1. The Bertz CT molecular complexity index is 494. The van der Waals surface area contributed by atoms with E-state index in [0.717, 1.165) is 6.54 Å². The number of benzene rings is 1. The van der Waals surface area contributed by atoms with Gasteiger partial charge in [-0.2, -0.15) is 0 Å². The minimum absolute atomic E-state index is 0.316. The van der Waals surface area contributed by atoms with Gasteiger partial charge in [0.25, 0.3) is 0 Å². The fourth-order valence-electron chi connectivity index (χ4n) is 4.67. The fourth-order valence-corrected chi connectivity index (χ4v) is 4.67. The van der Waals surface area contributed by atoms with Gasteiger partial charge in [0, 0.05) is 12.1 Å². The lowest BCUT2D eigenvalue weighted by Gasteiger charge is -2.43. The van der Waals surface area contributed by atoms with Crippen LogP contribution in [-0.2, 0) is 5.41 Å². The van der Waals surface area contributed by atoms with Gasteiger partial charge in [0.1, 0.15) is 0 Å². The molecule has 2 heteroatoms. The molecular weight excluding hydrogens is 256 g/mol. The van der Waals surface area contributed by atoms with Gasteiger partial charge in [-0.25, -0.2) is 0 Å². The van der Waals surface area contributed by atoms with Crippen LogP contribution in [0.1, 0.15) is 63.1 Å². The molecule has 1 aromatic carbocycles. The third-order valence-electron chi connectivity index (χ3n) is 6.03. The van der Waals surface area contributed by atoms with Crippen LogP contribution in [0.3, 0.4) is 0 Å². The van der Waals surface area contributed by atoms with Gasteiger partial charge in [-0.15, -0.1) is 0 Å². The molecule has 2 aliphatic carbocycles. The third-order valence-corrected chi connectivity index (χ3v) is 6.03. The first-order valence-corrected chi connectivity index (χ1v) is 8.56. The molecule has 1 saturated carbocycles. The Kier molecular flexibility index (Phi) is 4.11. The lowest BCUT2D eigenvalue weighted by Crippen LogP contribution is -2.42. The van der Waals surface area contributed by atoms with Gasteiger partial charge in [-0.1, -0.05) is 44.5 Å². The van der Waals surface area contributed by atoms with Crippen LogP contribution in [0, 0.1) is 5.92 Å². The second-order valence-corrected chi connectivity index (χ2v) is 7.69. The predicted octanol–water partition coefficient (Wildman–Crippen LogP) is 3.86. The summed E-state index contributed by atoms with van der Waals surface area (Å²) in [5.74, 6) is 0.692. The topological polar surface area (TPSA) is 29.3 Å². The summed E-state index contributed by atoms with van der Waals surface area (Å²) in [7, 11) is 2.33. The number of nitrogens with zero attached hydrogens (tertiary/aromatic N) is 1. The summed E-state index contributed by atoms with van der Waals surface area (Å²) in [6.07, 6.45) is 6.52. The number of rotatable bonds is 3. The lowest BCUT2D eigenvalue weighted by molar-refractivity contribution is 0.120. The van der Waals surface area contributed by atoms with Crippen LogP contribution in [0.2, 0.25) is 0 Å². The molecule has 0 bridgehead atoms. The molecule has 0 amide bonds. The second kappa shape index (κ2) is 5.73. The molecule has 0 radical (unpaired) electrons. The van der Waals surface area contributed by atoms with Crippen LogP contribution >= 0.6 is 0 Å². The molecular formula is C19H30N2. The van der Waals surface area contributed by atoms with Crippen LogP contribution in [0.15, 0.2) is 24.3 Å². The van der Waals surface area contributed by atoms with Crippen molar-refractivity contribution in [1.82, 2.24) is 4.90 Å². The van der Waals surface area contributed by atoms with Crippen molar-refractivity contribution in [2.45, 2.75) is 63.5 Å². The minimum atomic E-state index is 0.316. The van der Waals surface area contributed by atoms with Crippen LogP contribution in [0.4, 0.5) is 0 Å². The second-order valence-electron chi connectivity index (χ2n) is 7.69. The van der Waals surface area contributed by atoms with Gasteiger partial charge in [-0.3, -0.25) is 4.90 Å². The van der Waals surface area contributed by atoms with E-state index >= 15 is 0 Å². The van der Waals surface area contributed by atoms with Crippen LogP contribution in [0.5, 0.6) is 0 Å². The molecule has 0 aromatic heterocycles. The first-order chi connectivity index (χ1) is 10.0. The summed E-state index contributed by atoms with van der Waals surface area (Å²) in [5, 5.41) is 0. The zero-order valence-corrected chi connectivity index (χ0v) is 13.8. The Hall–Kier alpha value is -0.860. The largest absolute Gasteiger partial charge is 0.330 e. The average molecular weight is 286 g/mol. The van der Waals surface area contributed by atoms with Crippen molar-refractivity contribution in [2.75, 3.05) is 13.6 Å². The summed E-state index contributed by atoms with van der Waals surface area (Å²) in [6.45, 7) is 5.62. The first-order valence-electron chi connectivity index (χ1n) is 8.56. The maximum Gasteiger partial charge on any atom is 0.0351 e. The van der Waals surface area contributed by atoms with E-state index in [4.69, 9.17) is 5.73 Å². The number of nitrogens with two attached hydrogens (primary N) is 1. The minimum Gasteiger partial charge on any atom is -0.330 e. The Morgan fingerprint density at radius 1 is 1.19 bits per heavy atom. The van der Waals surface area contributed by atoms with E-state index in [9.17, 15) is 0 Å². The van der Waals surface area contributed by atoms with E-state index in [0.29, 0.717) is 23.4 Å². The fraction of sp³-hybridized carbons (Fsp3) is 0.684. The molecule has 2 N–H and O–H groups in total. The third kappa shape index (κ3) is 2.64. The Morgan fingerprint density at radius 2 is 1.95 bits per heavy atom. The molecule has 1 aromatic rings. The van der Waals surface area contributed by atoms with E-state index in [1.165, 1.54) is 32.1 Å². The highest BCUT2D eigenvalue weighted by atomic mass is 15.2. The molecule has 0 heterocycles. The summed E-state index contributed by atoms with van der Waals surface area (Å²) in [6, 6.07) is 10.3. The average Bonchev–Trinajstić information content (AvgIpc) is 2.95. The maximum absolute atomic E-state index is 6.00. The number of hydrogen-bond acceptors (Lipinski definition) is 2. The van der Waals surface area contributed by atoms with Crippen molar-refractivity contribution in [3.05, 3.63) is 35.4 Å². The Balaban J connectivity index is 1.89. The van der Waals surface area contributed by atoms with Gasteiger partial charge in [-0.05, 0) is 61.7 Å². The molecule has 3 rings (SSSR count). The predicted molar refractivity (Wildman–Crippen MR) is 89.4 cm³/mol. The van der Waals surface area contributed by atoms with E-state index < -0.39 is 0 Å². The van der Waals surface area contributed by atoms with Crippen molar-refractivity contribution in [3.8, 4) is 0 Å². The summed E-state index contributed by atoms with van der Waals surface area (Å²) in [4.78, 5) is 2.65. The highest BCUT2D eigenvalue weighted by Crippen LogP contribution is 2.45. The van der Waals surface area contributed by atoms with E-state index in [2.05, 4.69) is 50.1 Å². The molecule has 3 atom stereocenters. The highest BCUT2D eigenvalue weighted by Gasteiger charge is 2.38. The molecule has 2 nitrogen and oxygen atoms in total. The highest BCUT2D eigenvalue weighted by molar-refractivity contribution is 5.38. The molecule has 2 aliphatic rings. The van der Waals surface area contributed by atoms with Crippen molar-refractivity contribution < 1.29 is 0 Å². The zero-order chi connectivity index (χ0) is 15.0. The molecule has 1 fully saturated rings. The Morgan fingerprint density at radius 3 is 2.71 bits per heavy atom. The monoisotopic (exact) mass is 286 g/mol. The summed E-state index contributed by atoms with van der Waals surface area (Å²) < 4.78 is 0. The molecule has 3 unspecified atom stereocenters. The zero-order valence-electron chi connectivity index (χ0n) is 13.8. The standard InChI is InChI=1S/C19H30N2/c1-19(2)12-11-18(15-8-4-5-9-16(15)19)21(3)17-10-6-7-14(17)13-20/h4-5,8-9,14,17-18H,6-7,10-13,20H2,1-3H3. The van der Waals surface area contributed by atoms with Gasteiger partial charge >= 0.3 is 0 Å². The summed E-state index contributed by atoms with van der Waals surface area (Å²) in [5.41, 5.74) is 9.42. The number of fused-ring (bicyclic) bond motifs is 1. The van der Waals surface area contributed by atoms with Crippen LogP contribution < -0.4 is 5.73 Å². The van der Waals surface area contributed by atoms with Crippen molar-refractivity contribution in [2.24, 2.45) is 11.7 Å². The normalized spacial score (nSPS) is 31.4. The molecule has 116 valence electrons. The SMILES string of the molecule is CN(C1CCC(C)(C)c2ccccc21)C1CCCC1CN. The lowest BCUT2D eigenvalue weighted by atomic mass is 9.70. The van der Waals surface area contributed by atoms with Crippen molar-refractivity contribution >= 4 is 0 Å². The van der Waals surface area contributed by atoms with E-state index in [1.807, 2.05) is 0 Å². The van der Waals surface area contributed by atoms with E-state index in [-0.39, 0.29) is 0 Å². The molecule has 0 aliphatic heterocycles. The Labute approximate surface area is 129 Å². The van der Waals surface area contributed by atoms with Crippen molar-refractivity contribution in [1.29, 1.82) is 0 Å². The van der Waals surface area contributed by atoms with Gasteiger partial charge in [0.05, 0.1) is 0 Å². The van der Waals surface area contributed by atoms with Gasteiger partial charge in [0.15, 0.2) is 0 Å². The van der Waals surface area contributed by atoms with Crippen molar-refractivity contribution in [3.63, 3.8) is 0 Å². The molecule has 0 saturated heterocycles. The van der Waals surface area contributed by atoms with Crippen LogP contribution in [0.25, 0.3) is 0 Å². The maximum atomic E-state index is 6.00.